The van der Waals surface area contributed by atoms with Crippen LogP contribution in [-0.4, -0.2) is 60.2 Å². The topological polar surface area (TPSA) is 60.9 Å². The molecule has 2 aliphatic heterocycles. The lowest BCUT2D eigenvalue weighted by atomic mass is 9.96. The number of para-hydroxylation sites is 1. The molecule has 2 heterocycles. The van der Waals surface area contributed by atoms with Gasteiger partial charge in [-0.25, -0.2) is 0 Å². The van der Waals surface area contributed by atoms with Crippen molar-refractivity contribution in [3.63, 3.8) is 0 Å². The van der Waals surface area contributed by atoms with E-state index in [1.54, 1.807) is 4.90 Å². The van der Waals surface area contributed by atoms with Crippen LogP contribution < -0.4 is 4.90 Å². The van der Waals surface area contributed by atoms with Gasteiger partial charge < -0.3 is 14.7 Å². The predicted molar refractivity (Wildman–Crippen MR) is 114 cm³/mol. The molecule has 6 nitrogen and oxygen atoms in total. The summed E-state index contributed by atoms with van der Waals surface area (Å²) in [6, 6.07) is 8.03. The summed E-state index contributed by atoms with van der Waals surface area (Å²) in [5, 5.41) is 0. The van der Waals surface area contributed by atoms with Gasteiger partial charge in [-0.05, 0) is 24.0 Å². The Bertz CT molecular complexity index is 768. The van der Waals surface area contributed by atoms with Crippen molar-refractivity contribution in [2.24, 2.45) is 11.8 Å². The Morgan fingerprint density at radius 2 is 1.66 bits per heavy atom. The molecule has 1 aromatic rings. The second-order valence-corrected chi connectivity index (χ2v) is 8.58. The zero-order chi connectivity index (χ0) is 21.1. The van der Waals surface area contributed by atoms with Gasteiger partial charge in [0, 0.05) is 50.7 Å². The molecule has 2 aliphatic rings. The van der Waals surface area contributed by atoms with E-state index in [0.29, 0.717) is 38.6 Å². The molecule has 0 radical (unpaired) electrons. The predicted octanol–water partition coefficient (Wildman–Crippen LogP) is 2.88. The summed E-state index contributed by atoms with van der Waals surface area (Å²) in [5.74, 6) is 0.233. The molecule has 0 N–H and O–H groups in total. The first-order valence-corrected chi connectivity index (χ1v) is 10.8. The summed E-state index contributed by atoms with van der Waals surface area (Å²) in [5.41, 5.74) is 2.10. The van der Waals surface area contributed by atoms with E-state index in [9.17, 15) is 14.4 Å². The number of piperazine rings is 1. The molecule has 1 aromatic carbocycles. The normalized spacial score (nSPS) is 21.1. The minimum absolute atomic E-state index is 0.0210. The zero-order valence-corrected chi connectivity index (χ0v) is 18.1. The smallest absolute Gasteiger partial charge is 0.228 e. The fourth-order valence-electron chi connectivity index (χ4n) is 4.25. The first-order valence-electron chi connectivity index (χ1n) is 10.8. The van der Waals surface area contributed by atoms with Crippen molar-refractivity contribution in [1.29, 1.82) is 0 Å². The number of hydrogen-bond donors (Lipinski definition) is 0. The highest BCUT2D eigenvalue weighted by Gasteiger charge is 2.39. The number of benzene rings is 1. The van der Waals surface area contributed by atoms with Gasteiger partial charge in [0.2, 0.25) is 17.7 Å². The second-order valence-electron chi connectivity index (χ2n) is 8.58. The summed E-state index contributed by atoms with van der Waals surface area (Å²) < 4.78 is 0. The van der Waals surface area contributed by atoms with Gasteiger partial charge in [-0.1, -0.05) is 45.9 Å². The van der Waals surface area contributed by atoms with Gasteiger partial charge in [-0.2, -0.15) is 0 Å². The van der Waals surface area contributed by atoms with Crippen LogP contribution >= 0.6 is 0 Å². The van der Waals surface area contributed by atoms with Gasteiger partial charge in [-0.3, -0.25) is 14.4 Å². The van der Waals surface area contributed by atoms with Gasteiger partial charge in [0.25, 0.3) is 0 Å². The lowest BCUT2D eigenvalue weighted by Crippen LogP contribution is -2.53. The average molecular weight is 400 g/mol. The minimum Gasteiger partial charge on any atom is -0.339 e. The van der Waals surface area contributed by atoms with E-state index in [4.69, 9.17) is 0 Å². The van der Waals surface area contributed by atoms with E-state index in [-0.39, 0.29) is 36.0 Å². The molecule has 29 heavy (non-hydrogen) atoms. The quantitative estimate of drug-likeness (QED) is 0.765. The molecule has 2 fully saturated rings. The Kier molecular flexibility index (Phi) is 6.60. The van der Waals surface area contributed by atoms with Crippen LogP contribution in [0.1, 0.15) is 52.0 Å². The molecular formula is C23H33N3O3. The molecule has 2 saturated heterocycles. The fourth-order valence-corrected chi connectivity index (χ4v) is 4.25. The van der Waals surface area contributed by atoms with Crippen LogP contribution in [0, 0.1) is 11.8 Å². The summed E-state index contributed by atoms with van der Waals surface area (Å²) in [4.78, 5) is 43.4. The van der Waals surface area contributed by atoms with Crippen LogP contribution in [0.4, 0.5) is 5.69 Å². The SMILES string of the molecule is CCC(C)c1ccccc1N1CC(C(=O)N2CCN(C(=O)C(C)C)CC2)CC1=O. The minimum atomic E-state index is -0.306. The van der Waals surface area contributed by atoms with Crippen molar-refractivity contribution in [2.75, 3.05) is 37.6 Å². The molecule has 2 unspecified atom stereocenters. The molecule has 3 rings (SSSR count). The first-order chi connectivity index (χ1) is 13.8. The summed E-state index contributed by atoms with van der Waals surface area (Å²) in [6.07, 6.45) is 1.26. The van der Waals surface area contributed by atoms with Gasteiger partial charge in [0.05, 0.1) is 5.92 Å². The molecule has 3 amide bonds. The Morgan fingerprint density at radius 3 is 2.28 bits per heavy atom. The second kappa shape index (κ2) is 8.97. The van der Waals surface area contributed by atoms with Gasteiger partial charge >= 0.3 is 0 Å². The van der Waals surface area contributed by atoms with E-state index >= 15 is 0 Å². The molecule has 0 aliphatic carbocycles. The lowest BCUT2D eigenvalue weighted by molar-refractivity contribution is -0.143. The Balaban J connectivity index is 1.66. The summed E-state index contributed by atoms with van der Waals surface area (Å²) in [6.45, 7) is 10.8. The van der Waals surface area contributed by atoms with Crippen molar-refractivity contribution in [3.8, 4) is 0 Å². The fraction of sp³-hybridized carbons (Fsp3) is 0.609. The number of carbonyl (C=O) groups is 3. The Hall–Kier alpha value is -2.37. The van der Waals surface area contributed by atoms with Crippen molar-refractivity contribution in [2.45, 2.75) is 46.5 Å². The highest BCUT2D eigenvalue weighted by atomic mass is 16.2. The lowest BCUT2D eigenvalue weighted by Gasteiger charge is -2.36. The first kappa shape index (κ1) is 21.3. The highest BCUT2D eigenvalue weighted by Crippen LogP contribution is 2.34. The number of anilines is 1. The number of carbonyl (C=O) groups excluding carboxylic acids is 3. The van der Waals surface area contributed by atoms with Crippen molar-refractivity contribution < 1.29 is 14.4 Å². The van der Waals surface area contributed by atoms with Crippen molar-refractivity contribution in [3.05, 3.63) is 29.8 Å². The molecule has 0 aromatic heterocycles. The molecule has 0 bridgehead atoms. The largest absolute Gasteiger partial charge is 0.339 e. The van der Waals surface area contributed by atoms with E-state index in [2.05, 4.69) is 19.9 Å². The average Bonchev–Trinajstić information content (AvgIpc) is 3.13. The Morgan fingerprint density at radius 1 is 1.03 bits per heavy atom. The van der Waals surface area contributed by atoms with E-state index < -0.39 is 0 Å². The standard InChI is InChI=1S/C23H33N3O3/c1-5-17(4)19-8-6-7-9-20(19)26-15-18(14-21(26)27)23(29)25-12-10-24(11-13-25)22(28)16(2)3/h6-9,16-18H,5,10-15H2,1-4H3. The van der Waals surface area contributed by atoms with Crippen molar-refractivity contribution >= 4 is 23.4 Å². The third-order valence-electron chi connectivity index (χ3n) is 6.24. The summed E-state index contributed by atoms with van der Waals surface area (Å²) in [7, 11) is 0. The monoisotopic (exact) mass is 399 g/mol. The van der Waals surface area contributed by atoms with E-state index in [0.717, 1.165) is 17.7 Å². The van der Waals surface area contributed by atoms with Crippen LogP contribution in [0.5, 0.6) is 0 Å². The van der Waals surface area contributed by atoms with E-state index in [1.165, 1.54) is 0 Å². The molecule has 0 spiro atoms. The van der Waals surface area contributed by atoms with Crippen molar-refractivity contribution in [1.82, 2.24) is 9.80 Å². The highest BCUT2D eigenvalue weighted by molar-refractivity contribution is 6.01. The van der Waals surface area contributed by atoms with Gasteiger partial charge in [0.1, 0.15) is 0 Å². The van der Waals surface area contributed by atoms with E-state index in [1.807, 2.05) is 41.8 Å². The van der Waals surface area contributed by atoms with Crippen LogP contribution in [0.2, 0.25) is 0 Å². The van der Waals surface area contributed by atoms with Gasteiger partial charge in [0.15, 0.2) is 0 Å². The van der Waals surface area contributed by atoms with Crippen LogP contribution in [0.3, 0.4) is 0 Å². The van der Waals surface area contributed by atoms with Crippen LogP contribution in [-0.2, 0) is 14.4 Å². The maximum atomic E-state index is 13.1. The number of nitrogens with zero attached hydrogens (tertiary/aromatic N) is 3. The molecule has 0 saturated carbocycles. The van der Waals surface area contributed by atoms with Crippen LogP contribution in [0.15, 0.2) is 24.3 Å². The third-order valence-corrected chi connectivity index (χ3v) is 6.24. The molecular weight excluding hydrogens is 366 g/mol. The Labute approximate surface area is 173 Å². The van der Waals surface area contributed by atoms with Gasteiger partial charge in [-0.15, -0.1) is 0 Å². The number of rotatable bonds is 5. The summed E-state index contributed by atoms with van der Waals surface area (Å²) >= 11 is 0. The number of amides is 3. The molecule has 158 valence electrons. The molecule has 6 heteroatoms. The van der Waals surface area contributed by atoms with Crippen LogP contribution in [0.25, 0.3) is 0 Å². The maximum Gasteiger partial charge on any atom is 0.228 e. The molecule has 2 atom stereocenters. The third kappa shape index (κ3) is 4.46. The maximum absolute atomic E-state index is 13.1. The zero-order valence-electron chi connectivity index (χ0n) is 18.1. The number of hydrogen-bond acceptors (Lipinski definition) is 3.